The molecule has 1 atom stereocenters. The van der Waals surface area contributed by atoms with Gasteiger partial charge in [-0.2, -0.15) is 0 Å². The van der Waals surface area contributed by atoms with Gasteiger partial charge >= 0.3 is 0 Å². The number of ether oxygens (including phenoxy) is 2. The van der Waals surface area contributed by atoms with Crippen LogP contribution in [0.4, 0.5) is 0 Å². The molecule has 1 fully saturated rings. The highest BCUT2D eigenvalue weighted by Crippen LogP contribution is 2.33. The summed E-state index contributed by atoms with van der Waals surface area (Å²) >= 11 is 0. The van der Waals surface area contributed by atoms with Crippen LogP contribution in [0.25, 0.3) is 0 Å². The van der Waals surface area contributed by atoms with Crippen LogP contribution < -0.4 is 9.47 Å². The number of carbonyl (C=O) groups excluding carboxylic acids is 1. The van der Waals surface area contributed by atoms with Crippen LogP contribution in [0.15, 0.2) is 12.1 Å². The number of benzene rings is 1. The third kappa shape index (κ3) is 3.15. The molecule has 2 aliphatic heterocycles. The summed E-state index contributed by atoms with van der Waals surface area (Å²) in [5.74, 6) is 1.76. The predicted molar refractivity (Wildman–Crippen MR) is 88.9 cm³/mol. The maximum absolute atomic E-state index is 12.9. The van der Waals surface area contributed by atoms with E-state index in [1.54, 1.807) is 14.2 Å². The average molecular weight is 318 g/mol. The van der Waals surface area contributed by atoms with Gasteiger partial charge in [-0.25, -0.2) is 0 Å². The standard InChI is InChI=1S/C18H26N2O3/c1-19-8-5-4-6-15(19)18(21)20-9-7-13-10-16(22-2)17(23-3)11-14(13)12-20/h10-11,15H,4-9,12H2,1-3H3. The zero-order valence-electron chi connectivity index (χ0n) is 14.3. The van der Waals surface area contributed by atoms with E-state index in [9.17, 15) is 4.79 Å². The molecule has 1 aromatic carbocycles. The van der Waals surface area contributed by atoms with Gasteiger partial charge in [0, 0.05) is 13.1 Å². The monoisotopic (exact) mass is 318 g/mol. The van der Waals surface area contributed by atoms with Crippen LogP contribution in [0, 0.1) is 0 Å². The summed E-state index contributed by atoms with van der Waals surface area (Å²) in [6.45, 7) is 2.47. The summed E-state index contributed by atoms with van der Waals surface area (Å²) in [6, 6.07) is 4.10. The van der Waals surface area contributed by atoms with Crippen molar-refractivity contribution >= 4 is 5.91 Å². The second-order valence-electron chi connectivity index (χ2n) is 6.48. The van der Waals surface area contributed by atoms with E-state index in [2.05, 4.69) is 11.9 Å². The van der Waals surface area contributed by atoms with Crippen molar-refractivity contribution in [2.75, 3.05) is 34.4 Å². The minimum atomic E-state index is 0.0467. The highest BCUT2D eigenvalue weighted by molar-refractivity contribution is 5.82. The minimum absolute atomic E-state index is 0.0467. The van der Waals surface area contributed by atoms with Gasteiger partial charge in [0.1, 0.15) is 0 Å². The fourth-order valence-corrected chi connectivity index (χ4v) is 3.67. The second-order valence-corrected chi connectivity index (χ2v) is 6.48. The molecule has 0 saturated carbocycles. The number of carbonyl (C=O) groups is 1. The molecule has 3 rings (SSSR count). The number of piperidine rings is 1. The molecular weight excluding hydrogens is 292 g/mol. The smallest absolute Gasteiger partial charge is 0.240 e. The zero-order valence-corrected chi connectivity index (χ0v) is 14.3. The van der Waals surface area contributed by atoms with Gasteiger partial charge in [0.15, 0.2) is 11.5 Å². The molecule has 1 aromatic rings. The molecule has 1 unspecified atom stereocenters. The molecule has 1 amide bonds. The minimum Gasteiger partial charge on any atom is -0.493 e. The van der Waals surface area contributed by atoms with Gasteiger partial charge < -0.3 is 14.4 Å². The first-order valence-corrected chi connectivity index (χ1v) is 8.37. The molecule has 0 N–H and O–H groups in total. The number of hydrogen-bond acceptors (Lipinski definition) is 4. The molecule has 0 spiro atoms. The number of likely N-dealkylation sites (N-methyl/N-ethyl adjacent to an activating group) is 1. The SMILES string of the molecule is COc1cc2c(cc1OC)CN(C(=O)C1CCCCN1C)CC2. The Morgan fingerprint density at radius 3 is 2.43 bits per heavy atom. The Balaban J connectivity index is 1.78. The Kier molecular flexibility index (Phi) is 4.76. The third-order valence-corrected chi connectivity index (χ3v) is 5.09. The van der Waals surface area contributed by atoms with Crippen molar-refractivity contribution in [3.8, 4) is 11.5 Å². The van der Waals surface area contributed by atoms with Gasteiger partial charge in [-0.3, -0.25) is 9.69 Å². The molecule has 0 radical (unpaired) electrons. The summed E-state index contributed by atoms with van der Waals surface area (Å²) in [4.78, 5) is 17.1. The Labute approximate surface area is 138 Å². The highest BCUT2D eigenvalue weighted by Gasteiger charge is 2.31. The Bertz CT molecular complexity index is 588. The lowest BCUT2D eigenvalue weighted by Crippen LogP contribution is -2.50. The molecule has 126 valence electrons. The molecule has 0 aromatic heterocycles. The number of methoxy groups -OCH3 is 2. The van der Waals surface area contributed by atoms with E-state index in [0.29, 0.717) is 6.54 Å². The maximum atomic E-state index is 12.9. The molecule has 0 bridgehead atoms. The number of amides is 1. The second kappa shape index (κ2) is 6.79. The molecule has 2 heterocycles. The van der Waals surface area contributed by atoms with E-state index >= 15 is 0 Å². The van der Waals surface area contributed by atoms with Crippen LogP contribution in [-0.2, 0) is 17.8 Å². The first-order valence-electron chi connectivity index (χ1n) is 8.37. The van der Waals surface area contributed by atoms with Gasteiger partial charge in [-0.1, -0.05) is 6.42 Å². The van der Waals surface area contributed by atoms with Crippen molar-refractivity contribution in [1.29, 1.82) is 0 Å². The van der Waals surface area contributed by atoms with E-state index < -0.39 is 0 Å². The van der Waals surface area contributed by atoms with Gasteiger partial charge in [-0.05, 0) is 56.1 Å². The summed E-state index contributed by atoms with van der Waals surface area (Å²) in [6.07, 6.45) is 4.19. The van der Waals surface area contributed by atoms with E-state index in [1.165, 1.54) is 17.5 Å². The first-order chi connectivity index (χ1) is 11.1. The van der Waals surface area contributed by atoms with Crippen molar-refractivity contribution in [2.45, 2.75) is 38.3 Å². The van der Waals surface area contributed by atoms with E-state index in [1.807, 2.05) is 17.0 Å². The predicted octanol–water partition coefficient (Wildman–Crippen LogP) is 2.07. The quantitative estimate of drug-likeness (QED) is 0.856. The molecule has 5 nitrogen and oxygen atoms in total. The number of fused-ring (bicyclic) bond motifs is 1. The van der Waals surface area contributed by atoms with E-state index in [-0.39, 0.29) is 11.9 Å². The molecule has 23 heavy (non-hydrogen) atoms. The van der Waals surface area contributed by atoms with E-state index in [4.69, 9.17) is 9.47 Å². The van der Waals surface area contributed by atoms with Crippen LogP contribution >= 0.6 is 0 Å². The van der Waals surface area contributed by atoms with Gasteiger partial charge in [-0.15, -0.1) is 0 Å². The van der Waals surface area contributed by atoms with Gasteiger partial charge in [0.05, 0.1) is 20.3 Å². The number of rotatable bonds is 3. The van der Waals surface area contributed by atoms with Crippen molar-refractivity contribution < 1.29 is 14.3 Å². The normalized spacial score (nSPS) is 21.7. The number of nitrogens with zero attached hydrogens (tertiary/aromatic N) is 2. The van der Waals surface area contributed by atoms with Crippen LogP contribution in [0.2, 0.25) is 0 Å². The summed E-state index contributed by atoms with van der Waals surface area (Å²) in [5.41, 5.74) is 2.42. The van der Waals surface area contributed by atoms with Crippen molar-refractivity contribution in [1.82, 2.24) is 9.80 Å². The molecule has 5 heteroatoms. The number of hydrogen-bond donors (Lipinski definition) is 0. The zero-order chi connectivity index (χ0) is 16.4. The molecule has 0 aliphatic carbocycles. The highest BCUT2D eigenvalue weighted by atomic mass is 16.5. The third-order valence-electron chi connectivity index (χ3n) is 5.09. The Morgan fingerprint density at radius 1 is 1.09 bits per heavy atom. The molecular formula is C18H26N2O3. The van der Waals surface area contributed by atoms with Gasteiger partial charge in [0.25, 0.3) is 0 Å². The first kappa shape index (κ1) is 16.1. The topological polar surface area (TPSA) is 42.0 Å². The number of likely N-dealkylation sites (tertiary alicyclic amines) is 1. The Hall–Kier alpha value is -1.75. The Morgan fingerprint density at radius 2 is 1.78 bits per heavy atom. The molecule has 2 aliphatic rings. The van der Waals surface area contributed by atoms with Crippen LogP contribution in [-0.4, -0.2) is 56.1 Å². The van der Waals surface area contributed by atoms with Crippen LogP contribution in [0.5, 0.6) is 11.5 Å². The fourth-order valence-electron chi connectivity index (χ4n) is 3.67. The fraction of sp³-hybridized carbons (Fsp3) is 0.611. The average Bonchev–Trinajstić information content (AvgIpc) is 2.59. The lowest BCUT2D eigenvalue weighted by molar-refractivity contribution is -0.138. The van der Waals surface area contributed by atoms with Crippen molar-refractivity contribution in [3.63, 3.8) is 0 Å². The summed E-state index contributed by atoms with van der Waals surface area (Å²) in [7, 11) is 5.36. The van der Waals surface area contributed by atoms with Crippen molar-refractivity contribution in [2.24, 2.45) is 0 Å². The maximum Gasteiger partial charge on any atom is 0.240 e. The lowest BCUT2D eigenvalue weighted by Gasteiger charge is -2.37. The van der Waals surface area contributed by atoms with Gasteiger partial charge in [0.2, 0.25) is 5.91 Å². The van der Waals surface area contributed by atoms with Crippen LogP contribution in [0.3, 0.4) is 0 Å². The summed E-state index contributed by atoms with van der Waals surface area (Å²) in [5, 5.41) is 0. The largest absolute Gasteiger partial charge is 0.493 e. The molecule has 1 saturated heterocycles. The summed E-state index contributed by atoms with van der Waals surface area (Å²) < 4.78 is 10.8. The van der Waals surface area contributed by atoms with Crippen molar-refractivity contribution in [3.05, 3.63) is 23.3 Å². The lowest BCUT2D eigenvalue weighted by atomic mass is 9.96. The van der Waals surface area contributed by atoms with E-state index in [0.717, 1.165) is 43.9 Å². The van der Waals surface area contributed by atoms with Crippen LogP contribution in [0.1, 0.15) is 30.4 Å².